The summed E-state index contributed by atoms with van der Waals surface area (Å²) in [6, 6.07) is 34.2. The van der Waals surface area contributed by atoms with Gasteiger partial charge in [-0.2, -0.15) is 0 Å². The molecule has 0 aromatic heterocycles. The average Bonchev–Trinajstić information content (AvgIpc) is 2.76. The van der Waals surface area contributed by atoms with E-state index in [1.54, 1.807) is 0 Å². The van der Waals surface area contributed by atoms with E-state index in [-0.39, 0.29) is 0 Å². The first kappa shape index (κ1) is 17.5. The Morgan fingerprint density at radius 1 is 0.517 bits per heavy atom. The van der Waals surface area contributed by atoms with Gasteiger partial charge < -0.3 is 4.74 Å². The van der Waals surface area contributed by atoms with Gasteiger partial charge in [-0.1, -0.05) is 96.1 Å². The number of benzene rings is 4. The molecule has 0 amide bonds. The highest BCUT2D eigenvalue weighted by atomic mass is 16.5. The number of para-hydroxylation sites is 2. The van der Waals surface area contributed by atoms with E-state index in [4.69, 9.17) is 4.74 Å². The van der Waals surface area contributed by atoms with Crippen LogP contribution in [0.2, 0.25) is 0 Å². The van der Waals surface area contributed by atoms with Crippen LogP contribution in [0.1, 0.15) is 33.4 Å². The molecule has 4 aromatic carbocycles. The van der Waals surface area contributed by atoms with E-state index in [2.05, 4.69) is 86.6 Å². The Balaban J connectivity index is 1.90. The summed E-state index contributed by atoms with van der Waals surface area (Å²) in [5, 5.41) is 0. The van der Waals surface area contributed by atoms with Crippen LogP contribution < -0.4 is 4.74 Å². The number of hydrogen-bond donors (Lipinski definition) is 0. The van der Waals surface area contributed by atoms with Crippen LogP contribution in [0.4, 0.5) is 0 Å². The quantitative estimate of drug-likeness (QED) is 0.312. The van der Waals surface area contributed by atoms with Gasteiger partial charge in [-0.3, -0.25) is 0 Å². The number of rotatable bonds is 2. The SMILES string of the molecule is Cc1ccc(C(=C2c3ccccc3Oc3ccccc32)c2ccc(C)cc2)cc1. The number of hydrogen-bond acceptors (Lipinski definition) is 1. The second-order valence-corrected chi connectivity index (χ2v) is 7.58. The van der Waals surface area contributed by atoms with E-state index in [1.807, 2.05) is 24.3 Å². The van der Waals surface area contributed by atoms with E-state index >= 15 is 0 Å². The predicted octanol–water partition coefficient (Wildman–Crippen LogP) is 7.42. The molecule has 0 saturated carbocycles. The standard InChI is InChI=1S/C28H22O/c1-19-11-15-21(16-12-19)27(22-17-13-20(2)14-18-22)28-23-7-3-5-9-25(23)29-26-10-6-4-8-24(26)28/h3-18H,1-2H3. The lowest BCUT2D eigenvalue weighted by Crippen LogP contribution is -2.05. The third kappa shape index (κ3) is 3.15. The Kier molecular flexibility index (Phi) is 4.29. The molecule has 1 aliphatic rings. The molecule has 0 radical (unpaired) electrons. The van der Waals surface area contributed by atoms with Gasteiger partial charge in [-0.25, -0.2) is 0 Å². The summed E-state index contributed by atoms with van der Waals surface area (Å²) in [4.78, 5) is 0. The lowest BCUT2D eigenvalue weighted by Gasteiger charge is -2.26. The maximum absolute atomic E-state index is 6.23. The predicted molar refractivity (Wildman–Crippen MR) is 120 cm³/mol. The van der Waals surface area contributed by atoms with Crippen molar-refractivity contribution in [2.45, 2.75) is 13.8 Å². The Morgan fingerprint density at radius 3 is 1.38 bits per heavy atom. The molecule has 1 heteroatoms. The third-order valence-electron chi connectivity index (χ3n) is 5.46. The van der Waals surface area contributed by atoms with Crippen molar-refractivity contribution < 1.29 is 4.74 Å². The van der Waals surface area contributed by atoms with Crippen molar-refractivity contribution in [2.75, 3.05) is 0 Å². The van der Waals surface area contributed by atoms with Crippen LogP contribution in [0.25, 0.3) is 11.1 Å². The second kappa shape index (κ2) is 7.10. The molecular formula is C28H22O. The van der Waals surface area contributed by atoms with Crippen molar-refractivity contribution in [3.63, 3.8) is 0 Å². The van der Waals surface area contributed by atoms with E-state index in [0.29, 0.717) is 0 Å². The zero-order valence-electron chi connectivity index (χ0n) is 16.6. The highest BCUT2D eigenvalue weighted by molar-refractivity contribution is 6.07. The van der Waals surface area contributed by atoms with E-state index < -0.39 is 0 Å². The van der Waals surface area contributed by atoms with Gasteiger partial charge in [-0.05, 0) is 42.7 Å². The molecule has 4 aromatic rings. The smallest absolute Gasteiger partial charge is 0.135 e. The Labute approximate surface area is 171 Å². The van der Waals surface area contributed by atoms with Gasteiger partial charge in [-0.15, -0.1) is 0 Å². The zero-order valence-corrected chi connectivity index (χ0v) is 16.6. The summed E-state index contributed by atoms with van der Waals surface area (Å²) in [5.41, 5.74) is 9.64. The molecule has 0 unspecified atom stereocenters. The monoisotopic (exact) mass is 374 g/mol. The molecule has 0 atom stereocenters. The first-order valence-corrected chi connectivity index (χ1v) is 9.96. The molecule has 1 heterocycles. The van der Waals surface area contributed by atoms with Crippen LogP contribution >= 0.6 is 0 Å². The van der Waals surface area contributed by atoms with Gasteiger partial charge in [0.25, 0.3) is 0 Å². The summed E-state index contributed by atoms with van der Waals surface area (Å²) >= 11 is 0. The van der Waals surface area contributed by atoms with Crippen molar-refractivity contribution in [1.82, 2.24) is 0 Å². The molecule has 0 N–H and O–H groups in total. The summed E-state index contributed by atoms with van der Waals surface area (Å²) < 4.78 is 6.23. The molecule has 0 spiro atoms. The van der Waals surface area contributed by atoms with Crippen molar-refractivity contribution >= 4 is 11.1 Å². The fraction of sp³-hybridized carbons (Fsp3) is 0.0714. The van der Waals surface area contributed by atoms with Crippen molar-refractivity contribution in [1.29, 1.82) is 0 Å². The Hall–Kier alpha value is -3.58. The molecule has 1 nitrogen and oxygen atoms in total. The lowest BCUT2D eigenvalue weighted by molar-refractivity contribution is 0.474. The summed E-state index contributed by atoms with van der Waals surface area (Å²) in [7, 11) is 0. The fourth-order valence-corrected chi connectivity index (χ4v) is 3.95. The molecule has 0 saturated heterocycles. The van der Waals surface area contributed by atoms with Gasteiger partial charge in [0.15, 0.2) is 0 Å². The number of ether oxygens (including phenoxy) is 1. The normalized spacial score (nSPS) is 12.0. The van der Waals surface area contributed by atoms with Crippen LogP contribution in [0.3, 0.4) is 0 Å². The summed E-state index contributed by atoms with van der Waals surface area (Å²) in [6.45, 7) is 4.25. The summed E-state index contributed by atoms with van der Waals surface area (Å²) in [6.07, 6.45) is 0. The van der Waals surface area contributed by atoms with Crippen LogP contribution in [0, 0.1) is 13.8 Å². The molecule has 29 heavy (non-hydrogen) atoms. The fourth-order valence-electron chi connectivity index (χ4n) is 3.95. The number of fused-ring (bicyclic) bond motifs is 2. The van der Waals surface area contributed by atoms with Crippen LogP contribution in [0.5, 0.6) is 11.5 Å². The van der Waals surface area contributed by atoms with Crippen molar-refractivity contribution in [2.24, 2.45) is 0 Å². The minimum Gasteiger partial charge on any atom is -0.456 e. The first-order chi connectivity index (χ1) is 14.2. The van der Waals surface area contributed by atoms with Gasteiger partial charge in [0.2, 0.25) is 0 Å². The maximum Gasteiger partial charge on any atom is 0.135 e. The van der Waals surface area contributed by atoms with Crippen molar-refractivity contribution in [3.05, 3.63) is 130 Å². The highest BCUT2D eigenvalue weighted by Gasteiger charge is 2.25. The van der Waals surface area contributed by atoms with Gasteiger partial charge in [0.05, 0.1) is 0 Å². The van der Waals surface area contributed by atoms with E-state index in [9.17, 15) is 0 Å². The molecular weight excluding hydrogens is 352 g/mol. The summed E-state index contributed by atoms with van der Waals surface area (Å²) in [5.74, 6) is 1.80. The molecule has 0 bridgehead atoms. The molecule has 0 fully saturated rings. The maximum atomic E-state index is 6.23. The number of aryl methyl sites for hydroxylation is 2. The van der Waals surface area contributed by atoms with Gasteiger partial charge in [0.1, 0.15) is 11.5 Å². The Bertz CT molecular complexity index is 1120. The van der Waals surface area contributed by atoms with Crippen LogP contribution in [0.15, 0.2) is 97.1 Å². The molecule has 1 aliphatic heterocycles. The average molecular weight is 374 g/mol. The zero-order chi connectivity index (χ0) is 19.8. The van der Waals surface area contributed by atoms with Crippen molar-refractivity contribution in [3.8, 4) is 11.5 Å². The molecule has 5 rings (SSSR count). The topological polar surface area (TPSA) is 9.23 Å². The Morgan fingerprint density at radius 2 is 0.931 bits per heavy atom. The first-order valence-electron chi connectivity index (χ1n) is 9.96. The minimum atomic E-state index is 0.901. The van der Waals surface area contributed by atoms with E-state index in [1.165, 1.54) is 33.4 Å². The minimum absolute atomic E-state index is 0.901. The third-order valence-corrected chi connectivity index (χ3v) is 5.46. The van der Waals surface area contributed by atoms with Crippen LogP contribution in [-0.4, -0.2) is 0 Å². The second-order valence-electron chi connectivity index (χ2n) is 7.58. The molecule has 0 aliphatic carbocycles. The van der Waals surface area contributed by atoms with Crippen LogP contribution in [-0.2, 0) is 0 Å². The molecule has 140 valence electrons. The van der Waals surface area contributed by atoms with E-state index in [0.717, 1.165) is 22.6 Å². The highest BCUT2D eigenvalue weighted by Crippen LogP contribution is 2.48. The lowest BCUT2D eigenvalue weighted by atomic mass is 9.84. The van der Waals surface area contributed by atoms with Gasteiger partial charge >= 0.3 is 0 Å². The largest absolute Gasteiger partial charge is 0.456 e. The van der Waals surface area contributed by atoms with Gasteiger partial charge in [0, 0.05) is 16.7 Å².